The minimum Gasteiger partial charge on any atom is -0.330 e. The summed E-state index contributed by atoms with van der Waals surface area (Å²) in [4.78, 5) is 4.36. The Balaban J connectivity index is 1.78. The van der Waals surface area contributed by atoms with Crippen molar-refractivity contribution < 1.29 is 0 Å². The second-order valence-corrected chi connectivity index (χ2v) is 6.92. The van der Waals surface area contributed by atoms with Crippen LogP contribution in [0.1, 0.15) is 49.0 Å². The zero-order valence-corrected chi connectivity index (χ0v) is 13.3. The van der Waals surface area contributed by atoms with Crippen LogP contribution in [-0.4, -0.2) is 21.1 Å². The third kappa shape index (κ3) is 3.16. The molecule has 0 bridgehead atoms. The van der Waals surface area contributed by atoms with E-state index in [4.69, 9.17) is 5.73 Å². The number of imidazole rings is 1. The van der Waals surface area contributed by atoms with Crippen LogP contribution in [0.15, 0.2) is 42.9 Å². The smallest absolute Gasteiger partial charge is 0.0951 e. The number of aromatic nitrogens is 2. The first kappa shape index (κ1) is 14.7. The molecule has 21 heavy (non-hydrogen) atoms. The van der Waals surface area contributed by atoms with Crippen molar-refractivity contribution in [3.63, 3.8) is 0 Å². The van der Waals surface area contributed by atoms with Crippen LogP contribution in [0.3, 0.4) is 0 Å². The molecule has 3 nitrogen and oxygen atoms in total. The van der Waals surface area contributed by atoms with Crippen LogP contribution >= 0.6 is 11.8 Å². The zero-order valence-electron chi connectivity index (χ0n) is 12.5. The van der Waals surface area contributed by atoms with Gasteiger partial charge in [-0.15, -0.1) is 0 Å². The van der Waals surface area contributed by atoms with Crippen molar-refractivity contribution in [3.05, 3.63) is 54.1 Å². The molecule has 1 aliphatic rings. The maximum Gasteiger partial charge on any atom is 0.0951 e. The van der Waals surface area contributed by atoms with Crippen molar-refractivity contribution in [2.24, 2.45) is 5.73 Å². The summed E-state index contributed by atoms with van der Waals surface area (Å²) in [5.74, 6) is 0. The van der Waals surface area contributed by atoms with Gasteiger partial charge >= 0.3 is 0 Å². The molecule has 0 spiro atoms. The predicted octanol–water partition coefficient (Wildman–Crippen LogP) is 3.78. The molecule has 1 aliphatic carbocycles. The molecule has 1 saturated carbocycles. The fourth-order valence-electron chi connectivity index (χ4n) is 3.25. The molecule has 2 aromatic rings. The molecular formula is C17H23N3S. The number of hydrogen-bond donors (Lipinski definition) is 1. The lowest BCUT2D eigenvalue weighted by molar-refractivity contribution is 0.350. The summed E-state index contributed by atoms with van der Waals surface area (Å²) in [5, 5.41) is 0.830. The van der Waals surface area contributed by atoms with E-state index in [2.05, 4.69) is 27.9 Å². The standard InChI is InChI=1S/C17H23N3S/c1-21-15-9-7-14(8-10-15)20-12-19-11-16(20)17(18)13-5-3-2-4-6-13/h2-6,11-12,14-15,17H,7-10,18H2,1H3. The van der Waals surface area contributed by atoms with Crippen molar-refractivity contribution in [2.75, 3.05) is 6.26 Å². The first-order valence-corrected chi connectivity index (χ1v) is 8.93. The van der Waals surface area contributed by atoms with Gasteiger partial charge in [0.2, 0.25) is 0 Å². The fourth-order valence-corrected chi connectivity index (χ4v) is 3.99. The molecule has 1 unspecified atom stereocenters. The highest BCUT2D eigenvalue weighted by Crippen LogP contribution is 2.35. The van der Waals surface area contributed by atoms with Gasteiger partial charge in [-0.25, -0.2) is 4.98 Å². The average molecular weight is 301 g/mol. The van der Waals surface area contributed by atoms with Crippen molar-refractivity contribution >= 4 is 11.8 Å². The van der Waals surface area contributed by atoms with Crippen molar-refractivity contribution in [3.8, 4) is 0 Å². The Labute approximate surface area is 131 Å². The predicted molar refractivity (Wildman–Crippen MR) is 89.5 cm³/mol. The lowest BCUT2D eigenvalue weighted by Gasteiger charge is -2.30. The highest BCUT2D eigenvalue weighted by Gasteiger charge is 2.24. The second kappa shape index (κ2) is 6.67. The minimum atomic E-state index is -0.0908. The SMILES string of the molecule is CSC1CCC(n2cncc2C(N)c2ccccc2)CC1. The normalized spacial score (nSPS) is 23.9. The lowest BCUT2D eigenvalue weighted by Crippen LogP contribution is -2.23. The molecule has 3 rings (SSSR count). The van der Waals surface area contributed by atoms with Crippen LogP contribution in [0.2, 0.25) is 0 Å². The van der Waals surface area contributed by atoms with Crippen LogP contribution in [0.5, 0.6) is 0 Å². The van der Waals surface area contributed by atoms with E-state index in [-0.39, 0.29) is 6.04 Å². The van der Waals surface area contributed by atoms with Crippen LogP contribution < -0.4 is 5.73 Å². The number of nitrogens with zero attached hydrogens (tertiary/aromatic N) is 2. The largest absolute Gasteiger partial charge is 0.330 e. The van der Waals surface area contributed by atoms with Gasteiger partial charge in [-0.2, -0.15) is 11.8 Å². The topological polar surface area (TPSA) is 43.8 Å². The van der Waals surface area contributed by atoms with Gasteiger partial charge < -0.3 is 10.3 Å². The van der Waals surface area contributed by atoms with E-state index in [1.807, 2.05) is 42.5 Å². The highest BCUT2D eigenvalue weighted by atomic mass is 32.2. The Morgan fingerprint density at radius 3 is 2.57 bits per heavy atom. The Kier molecular flexibility index (Phi) is 4.66. The summed E-state index contributed by atoms with van der Waals surface area (Å²) in [6.07, 6.45) is 11.2. The molecule has 1 fully saturated rings. The number of rotatable bonds is 4. The van der Waals surface area contributed by atoms with Gasteiger partial charge in [-0.05, 0) is 37.5 Å². The molecular weight excluding hydrogens is 278 g/mol. The molecule has 0 aliphatic heterocycles. The summed E-state index contributed by atoms with van der Waals surface area (Å²) in [6.45, 7) is 0. The van der Waals surface area contributed by atoms with E-state index in [0.29, 0.717) is 6.04 Å². The third-order valence-corrected chi connectivity index (χ3v) is 5.68. The Bertz CT molecular complexity index is 558. The maximum absolute atomic E-state index is 6.46. The lowest BCUT2D eigenvalue weighted by atomic mass is 9.94. The van der Waals surface area contributed by atoms with E-state index in [0.717, 1.165) is 16.5 Å². The van der Waals surface area contributed by atoms with Crippen LogP contribution in [-0.2, 0) is 0 Å². The van der Waals surface area contributed by atoms with Gasteiger partial charge in [0.15, 0.2) is 0 Å². The number of thioether (sulfide) groups is 1. The quantitative estimate of drug-likeness (QED) is 0.934. The minimum absolute atomic E-state index is 0.0908. The molecule has 1 aromatic heterocycles. The Morgan fingerprint density at radius 2 is 1.90 bits per heavy atom. The molecule has 112 valence electrons. The molecule has 0 amide bonds. The van der Waals surface area contributed by atoms with Gasteiger partial charge in [0.1, 0.15) is 0 Å². The monoisotopic (exact) mass is 301 g/mol. The molecule has 1 aromatic carbocycles. The second-order valence-electron chi connectivity index (χ2n) is 5.78. The van der Waals surface area contributed by atoms with E-state index in [1.54, 1.807) is 0 Å². The van der Waals surface area contributed by atoms with Crippen LogP contribution in [0.4, 0.5) is 0 Å². The van der Waals surface area contributed by atoms with Gasteiger partial charge in [-0.1, -0.05) is 30.3 Å². The van der Waals surface area contributed by atoms with Gasteiger partial charge in [0.05, 0.1) is 24.3 Å². The summed E-state index contributed by atoms with van der Waals surface area (Å²) in [5.41, 5.74) is 8.74. The average Bonchev–Trinajstić information content (AvgIpc) is 3.04. The van der Waals surface area contributed by atoms with Gasteiger partial charge in [0, 0.05) is 11.3 Å². The van der Waals surface area contributed by atoms with Crippen molar-refractivity contribution in [2.45, 2.75) is 43.0 Å². The van der Waals surface area contributed by atoms with E-state index in [1.165, 1.54) is 25.7 Å². The first-order valence-electron chi connectivity index (χ1n) is 7.64. The number of nitrogens with two attached hydrogens (primary N) is 1. The summed E-state index contributed by atoms with van der Waals surface area (Å²) < 4.78 is 2.31. The number of benzene rings is 1. The number of hydrogen-bond acceptors (Lipinski definition) is 3. The Hall–Kier alpha value is -1.26. The van der Waals surface area contributed by atoms with E-state index >= 15 is 0 Å². The zero-order chi connectivity index (χ0) is 14.7. The molecule has 1 atom stereocenters. The molecule has 4 heteroatoms. The van der Waals surface area contributed by atoms with E-state index in [9.17, 15) is 0 Å². The highest BCUT2D eigenvalue weighted by molar-refractivity contribution is 7.99. The van der Waals surface area contributed by atoms with Gasteiger partial charge in [-0.3, -0.25) is 0 Å². The van der Waals surface area contributed by atoms with Crippen molar-refractivity contribution in [1.82, 2.24) is 9.55 Å². The van der Waals surface area contributed by atoms with E-state index < -0.39 is 0 Å². The summed E-state index contributed by atoms with van der Waals surface area (Å²) in [7, 11) is 0. The molecule has 2 N–H and O–H groups in total. The van der Waals surface area contributed by atoms with Crippen molar-refractivity contribution in [1.29, 1.82) is 0 Å². The Morgan fingerprint density at radius 1 is 1.19 bits per heavy atom. The maximum atomic E-state index is 6.46. The fraction of sp³-hybridized carbons (Fsp3) is 0.471. The summed E-state index contributed by atoms with van der Waals surface area (Å²) in [6, 6.07) is 10.8. The molecule has 0 saturated heterocycles. The third-order valence-electron chi connectivity index (χ3n) is 4.54. The molecule has 0 radical (unpaired) electrons. The van der Waals surface area contributed by atoms with Crippen LogP contribution in [0.25, 0.3) is 0 Å². The van der Waals surface area contributed by atoms with Gasteiger partial charge in [0.25, 0.3) is 0 Å². The first-order chi connectivity index (χ1) is 10.3. The molecule has 1 heterocycles. The summed E-state index contributed by atoms with van der Waals surface area (Å²) >= 11 is 2.00. The van der Waals surface area contributed by atoms with Crippen LogP contribution in [0, 0.1) is 0 Å².